The Morgan fingerprint density at radius 2 is 1.63 bits per heavy atom. The number of benzene rings is 2. The summed E-state index contributed by atoms with van der Waals surface area (Å²) in [5.41, 5.74) is 3.94. The molecule has 3 rings (SSSR count). The molecule has 2 aromatic rings. The lowest BCUT2D eigenvalue weighted by molar-refractivity contribution is 0.210. The number of nitrogens with zero attached hydrogens (tertiary/aromatic N) is 2. The topological polar surface area (TPSA) is 27.0 Å². The van der Waals surface area contributed by atoms with Crippen LogP contribution in [0.1, 0.15) is 75.5 Å². The van der Waals surface area contributed by atoms with Crippen molar-refractivity contribution in [2.45, 2.75) is 84.0 Å². The number of alkyl halides is 1. The molecule has 2 atom stereocenters. The van der Waals surface area contributed by atoms with Gasteiger partial charge in [0.15, 0.2) is 0 Å². The van der Waals surface area contributed by atoms with Crippen molar-refractivity contribution in [1.82, 2.24) is 4.90 Å². The highest BCUT2D eigenvalue weighted by atomic mass is 19.1. The lowest BCUT2D eigenvalue weighted by Crippen LogP contribution is -2.31. The molecule has 0 amide bonds. The van der Waals surface area contributed by atoms with E-state index in [0.717, 1.165) is 45.2 Å². The van der Waals surface area contributed by atoms with E-state index in [1.165, 1.54) is 30.0 Å². The molecule has 0 saturated heterocycles. The second-order valence-electron chi connectivity index (χ2n) is 8.53. The molecule has 1 fully saturated rings. The summed E-state index contributed by atoms with van der Waals surface area (Å²) in [4.78, 5) is 2.54. The first-order valence-electron chi connectivity index (χ1n) is 11.4. The molecule has 2 unspecified atom stereocenters. The summed E-state index contributed by atoms with van der Waals surface area (Å²) in [6.45, 7) is 8.09. The minimum absolute atomic E-state index is 0.120. The summed E-state index contributed by atoms with van der Waals surface area (Å²) in [5.74, 6) is 0.120. The summed E-state index contributed by atoms with van der Waals surface area (Å²) in [6.07, 6.45) is 5.54. The predicted octanol–water partition coefficient (Wildman–Crippen LogP) is 7.06. The first-order chi connectivity index (χ1) is 14.5. The van der Waals surface area contributed by atoms with Gasteiger partial charge in [-0.2, -0.15) is 5.26 Å². The second-order valence-corrected chi connectivity index (χ2v) is 8.53. The standard InChI is InChI=1S/C25H34FN.C2H3N/c1-20(2)27(19-22-9-4-3-5-10-22)18-8-11-21-14-16-23(17-15-21)24-12-6-7-13-25(24)26;1-2-3/h3-5,9-10,14-17,20,24-25H,6-8,11-13,18-19H2,1-2H3;1H3. The largest absolute Gasteiger partial charge is 0.297 e. The molecular formula is C27H37FN2. The molecule has 1 saturated carbocycles. The lowest BCUT2D eigenvalue weighted by atomic mass is 9.82. The van der Waals surface area contributed by atoms with Crippen LogP contribution in [0.25, 0.3) is 0 Å². The fraction of sp³-hybridized carbons (Fsp3) is 0.519. The van der Waals surface area contributed by atoms with Crippen LogP contribution in [0, 0.1) is 11.3 Å². The Labute approximate surface area is 182 Å². The molecular weight excluding hydrogens is 371 g/mol. The van der Waals surface area contributed by atoms with Crippen LogP contribution in [-0.2, 0) is 13.0 Å². The molecule has 0 aliphatic heterocycles. The summed E-state index contributed by atoms with van der Waals surface area (Å²) >= 11 is 0. The zero-order chi connectivity index (χ0) is 21.8. The van der Waals surface area contributed by atoms with Crippen molar-refractivity contribution in [3.8, 4) is 6.07 Å². The van der Waals surface area contributed by atoms with E-state index in [1.807, 2.05) is 0 Å². The van der Waals surface area contributed by atoms with E-state index in [0.29, 0.717) is 6.04 Å². The smallest absolute Gasteiger partial charge is 0.107 e. The quantitative estimate of drug-likeness (QED) is 0.468. The van der Waals surface area contributed by atoms with Gasteiger partial charge in [-0.15, -0.1) is 0 Å². The molecule has 3 heteroatoms. The monoisotopic (exact) mass is 408 g/mol. The highest BCUT2D eigenvalue weighted by molar-refractivity contribution is 5.26. The summed E-state index contributed by atoms with van der Waals surface area (Å²) in [5, 5.41) is 7.32. The molecule has 0 radical (unpaired) electrons. The highest BCUT2D eigenvalue weighted by Gasteiger charge is 2.25. The molecule has 0 N–H and O–H groups in total. The Kier molecular flexibility index (Phi) is 10.6. The maximum Gasteiger partial charge on any atom is 0.107 e. The fourth-order valence-electron chi connectivity index (χ4n) is 4.22. The lowest BCUT2D eigenvalue weighted by Gasteiger charge is -2.27. The molecule has 30 heavy (non-hydrogen) atoms. The third-order valence-corrected chi connectivity index (χ3v) is 5.96. The van der Waals surface area contributed by atoms with Crippen molar-refractivity contribution in [1.29, 1.82) is 5.26 Å². The van der Waals surface area contributed by atoms with E-state index in [1.54, 1.807) is 6.07 Å². The number of hydrogen-bond acceptors (Lipinski definition) is 2. The molecule has 1 aliphatic rings. The van der Waals surface area contributed by atoms with Gasteiger partial charge in [-0.1, -0.05) is 67.4 Å². The molecule has 2 aromatic carbocycles. The van der Waals surface area contributed by atoms with E-state index in [2.05, 4.69) is 73.3 Å². The zero-order valence-electron chi connectivity index (χ0n) is 18.9. The highest BCUT2D eigenvalue weighted by Crippen LogP contribution is 2.35. The van der Waals surface area contributed by atoms with Crippen LogP contribution in [0.2, 0.25) is 0 Å². The van der Waals surface area contributed by atoms with Gasteiger partial charge in [0.05, 0.1) is 6.07 Å². The van der Waals surface area contributed by atoms with Gasteiger partial charge in [0.2, 0.25) is 0 Å². The Hall–Kier alpha value is -2.18. The van der Waals surface area contributed by atoms with Crippen LogP contribution in [0.5, 0.6) is 0 Å². The average Bonchev–Trinajstić information content (AvgIpc) is 2.75. The van der Waals surface area contributed by atoms with Crippen LogP contribution in [-0.4, -0.2) is 23.7 Å². The third kappa shape index (κ3) is 7.92. The van der Waals surface area contributed by atoms with Gasteiger partial charge in [-0.25, -0.2) is 4.39 Å². The van der Waals surface area contributed by atoms with Gasteiger partial charge in [-0.3, -0.25) is 4.90 Å². The van der Waals surface area contributed by atoms with E-state index < -0.39 is 6.17 Å². The van der Waals surface area contributed by atoms with Gasteiger partial charge in [0.25, 0.3) is 0 Å². The Morgan fingerprint density at radius 1 is 1.00 bits per heavy atom. The summed E-state index contributed by atoms with van der Waals surface area (Å²) < 4.78 is 14.2. The Morgan fingerprint density at radius 3 is 2.23 bits per heavy atom. The minimum atomic E-state index is -0.651. The van der Waals surface area contributed by atoms with Crippen molar-refractivity contribution in [2.75, 3.05) is 6.54 Å². The maximum absolute atomic E-state index is 14.2. The van der Waals surface area contributed by atoms with Gasteiger partial charge in [0, 0.05) is 25.4 Å². The fourth-order valence-corrected chi connectivity index (χ4v) is 4.22. The molecule has 0 bridgehead atoms. The first kappa shape index (κ1) is 24.1. The normalized spacial score (nSPS) is 18.6. The van der Waals surface area contributed by atoms with Gasteiger partial charge >= 0.3 is 0 Å². The molecule has 1 aliphatic carbocycles. The Bertz CT molecular complexity index is 749. The van der Waals surface area contributed by atoms with E-state index in [9.17, 15) is 4.39 Å². The van der Waals surface area contributed by atoms with E-state index >= 15 is 0 Å². The van der Waals surface area contributed by atoms with Gasteiger partial charge < -0.3 is 0 Å². The molecule has 0 spiro atoms. The van der Waals surface area contributed by atoms with Crippen LogP contribution < -0.4 is 0 Å². The summed E-state index contributed by atoms with van der Waals surface area (Å²) in [7, 11) is 0. The van der Waals surface area contributed by atoms with Crippen LogP contribution in [0.3, 0.4) is 0 Å². The third-order valence-electron chi connectivity index (χ3n) is 5.96. The summed E-state index contributed by atoms with van der Waals surface area (Å²) in [6, 6.07) is 21.8. The molecule has 0 heterocycles. The van der Waals surface area contributed by atoms with Crippen LogP contribution >= 0.6 is 0 Å². The van der Waals surface area contributed by atoms with E-state index in [-0.39, 0.29) is 5.92 Å². The van der Waals surface area contributed by atoms with Crippen LogP contribution in [0.4, 0.5) is 4.39 Å². The number of aryl methyl sites for hydroxylation is 1. The van der Waals surface area contributed by atoms with E-state index in [4.69, 9.17) is 5.26 Å². The van der Waals surface area contributed by atoms with Crippen molar-refractivity contribution in [3.05, 3.63) is 71.3 Å². The number of hydrogen-bond donors (Lipinski definition) is 0. The van der Waals surface area contributed by atoms with Gasteiger partial charge in [0.1, 0.15) is 6.17 Å². The minimum Gasteiger partial charge on any atom is -0.297 e. The SMILES string of the molecule is CC#N.CC(C)N(CCCc1ccc(C2CCCCC2F)cc1)Cc1ccccc1. The van der Waals surface area contributed by atoms with Crippen molar-refractivity contribution >= 4 is 0 Å². The Balaban J connectivity index is 0.00000101. The number of nitriles is 1. The second kappa shape index (κ2) is 13.2. The molecule has 2 nitrogen and oxygen atoms in total. The van der Waals surface area contributed by atoms with Crippen molar-refractivity contribution in [3.63, 3.8) is 0 Å². The van der Waals surface area contributed by atoms with Crippen molar-refractivity contribution < 1.29 is 4.39 Å². The zero-order valence-corrected chi connectivity index (χ0v) is 18.9. The molecule has 162 valence electrons. The maximum atomic E-state index is 14.2. The molecule has 0 aromatic heterocycles. The van der Waals surface area contributed by atoms with Gasteiger partial charge in [-0.05, 0) is 62.8 Å². The van der Waals surface area contributed by atoms with Crippen molar-refractivity contribution in [2.24, 2.45) is 0 Å². The average molecular weight is 409 g/mol. The number of rotatable bonds is 8. The van der Waals surface area contributed by atoms with Crippen LogP contribution in [0.15, 0.2) is 54.6 Å². The number of halogens is 1. The first-order valence-corrected chi connectivity index (χ1v) is 11.4. The predicted molar refractivity (Wildman–Crippen MR) is 124 cm³/mol.